The third-order valence-corrected chi connectivity index (χ3v) is 3.75. The van der Waals surface area contributed by atoms with Crippen LogP contribution in [0, 0.1) is 11.6 Å². The fraction of sp³-hybridized carbons (Fsp3) is 0.200. The van der Waals surface area contributed by atoms with E-state index in [-0.39, 0.29) is 19.0 Å². The van der Waals surface area contributed by atoms with Crippen LogP contribution in [0.15, 0.2) is 40.9 Å². The Morgan fingerprint density at radius 1 is 0.952 bits per heavy atom. The first kappa shape index (κ1) is 16.2. The van der Waals surface area contributed by atoms with Crippen LogP contribution in [0.3, 0.4) is 0 Å². The number of alkyl halides is 1. The molecule has 0 N–H and O–H groups in total. The summed E-state index contributed by atoms with van der Waals surface area (Å²) in [5.41, 5.74) is 0.516. The van der Waals surface area contributed by atoms with Crippen molar-refractivity contribution < 1.29 is 18.3 Å². The summed E-state index contributed by atoms with van der Waals surface area (Å²) in [5.74, 6) is -1.15. The van der Waals surface area contributed by atoms with Gasteiger partial charge in [-0.05, 0) is 35.9 Å². The van der Waals surface area contributed by atoms with Gasteiger partial charge in [0, 0.05) is 9.80 Å². The van der Waals surface area contributed by atoms with Gasteiger partial charge in [-0.15, -0.1) is 0 Å². The molecule has 0 aliphatic carbocycles. The summed E-state index contributed by atoms with van der Waals surface area (Å²) in [7, 11) is 0. The zero-order chi connectivity index (χ0) is 15.2. The number of benzene rings is 2. The van der Waals surface area contributed by atoms with Crippen LogP contribution in [-0.2, 0) is 5.33 Å². The molecule has 0 amide bonds. The summed E-state index contributed by atoms with van der Waals surface area (Å²) in [6.45, 7) is 0.240. The van der Waals surface area contributed by atoms with Crippen LogP contribution < -0.4 is 9.47 Å². The summed E-state index contributed by atoms with van der Waals surface area (Å²) in [6.07, 6.45) is 0. The van der Waals surface area contributed by atoms with E-state index in [1.807, 2.05) is 12.1 Å². The van der Waals surface area contributed by atoms with Crippen molar-refractivity contribution in [1.82, 2.24) is 0 Å². The summed E-state index contributed by atoms with van der Waals surface area (Å²) in [6, 6.07) is 9.77. The lowest BCUT2D eigenvalue weighted by Gasteiger charge is -2.10. The second-order valence-corrected chi connectivity index (χ2v) is 5.65. The molecule has 0 aliphatic heterocycles. The normalized spacial score (nSPS) is 10.5. The zero-order valence-electron chi connectivity index (χ0n) is 10.9. The van der Waals surface area contributed by atoms with Gasteiger partial charge in [0.15, 0.2) is 17.4 Å². The van der Waals surface area contributed by atoms with Gasteiger partial charge in [-0.1, -0.05) is 37.9 Å². The van der Waals surface area contributed by atoms with Crippen molar-refractivity contribution in [3.05, 3.63) is 58.1 Å². The monoisotopic (exact) mass is 420 g/mol. The number of halogens is 4. The molecule has 6 heteroatoms. The minimum Gasteiger partial charge on any atom is -0.490 e. The van der Waals surface area contributed by atoms with Crippen LogP contribution >= 0.6 is 31.9 Å². The van der Waals surface area contributed by atoms with Gasteiger partial charge in [0.1, 0.15) is 19.0 Å². The van der Waals surface area contributed by atoms with E-state index in [0.29, 0.717) is 16.6 Å². The molecule has 112 valence electrons. The van der Waals surface area contributed by atoms with Crippen molar-refractivity contribution in [2.24, 2.45) is 0 Å². The fourth-order valence-electron chi connectivity index (χ4n) is 1.69. The molecule has 0 fully saturated rings. The summed E-state index contributed by atoms with van der Waals surface area (Å²) in [5, 5.41) is 0.382. The smallest absolute Gasteiger partial charge is 0.190 e. The van der Waals surface area contributed by atoms with E-state index in [9.17, 15) is 8.78 Å². The first-order valence-corrected chi connectivity index (χ1v) is 8.06. The maximum atomic E-state index is 13.7. The topological polar surface area (TPSA) is 18.5 Å². The average Bonchev–Trinajstić information content (AvgIpc) is 2.45. The number of ether oxygens (including phenoxy) is 2. The van der Waals surface area contributed by atoms with Crippen molar-refractivity contribution in [3.8, 4) is 11.5 Å². The molecule has 21 heavy (non-hydrogen) atoms. The standard InChI is InChI=1S/C15H12Br2F2O2/c16-9-10-6-13(18)15(14(19)7-10)21-5-4-20-12-3-1-2-11(17)8-12/h1-3,6-8H,4-5,9H2. The van der Waals surface area contributed by atoms with Crippen molar-refractivity contribution in [2.45, 2.75) is 5.33 Å². The minimum atomic E-state index is -0.716. The molecule has 0 saturated carbocycles. The van der Waals surface area contributed by atoms with Crippen molar-refractivity contribution in [1.29, 1.82) is 0 Å². The molecular weight excluding hydrogens is 410 g/mol. The van der Waals surface area contributed by atoms with Crippen LogP contribution in [0.5, 0.6) is 11.5 Å². The Hall–Kier alpha value is -1.14. The van der Waals surface area contributed by atoms with Crippen LogP contribution in [0.1, 0.15) is 5.56 Å². The average molecular weight is 422 g/mol. The highest BCUT2D eigenvalue weighted by Gasteiger charge is 2.12. The first-order chi connectivity index (χ1) is 10.1. The Kier molecular flexibility index (Phi) is 5.99. The highest BCUT2D eigenvalue weighted by Crippen LogP contribution is 2.24. The van der Waals surface area contributed by atoms with Gasteiger partial charge < -0.3 is 9.47 Å². The summed E-state index contributed by atoms with van der Waals surface area (Å²) >= 11 is 6.47. The van der Waals surface area contributed by atoms with Gasteiger partial charge in [0.05, 0.1) is 0 Å². The van der Waals surface area contributed by atoms with Crippen LogP contribution in [0.25, 0.3) is 0 Å². The molecule has 0 heterocycles. The molecule has 0 spiro atoms. The molecule has 2 nitrogen and oxygen atoms in total. The van der Waals surface area contributed by atoms with Gasteiger partial charge in [0.2, 0.25) is 0 Å². The predicted molar refractivity (Wildman–Crippen MR) is 84.1 cm³/mol. The first-order valence-electron chi connectivity index (χ1n) is 6.15. The molecule has 2 rings (SSSR count). The van der Waals surface area contributed by atoms with Gasteiger partial charge >= 0.3 is 0 Å². The molecule has 0 radical (unpaired) electrons. The largest absolute Gasteiger partial charge is 0.490 e. The minimum absolute atomic E-state index is 0.0496. The summed E-state index contributed by atoms with van der Waals surface area (Å²) in [4.78, 5) is 0. The third-order valence-electron chi connectivity index (χ3n) is 2.61. The van der Waals surface area contributed by atoms with Gasteiger partial charge in [0.25, 0.3) is 0 Å². The predicted octanol–water partition coefficient (Wildman–Crippen LogP) is 5.08. The molecule has 0 unspecified atom stereocenters. The molecule has 2 aromatic rings. The molecule has 0 aromatic heterocycles. The molecule has 2 aromatic carbocycles. The van der Waals surface area contributed by atoms with Crippen LogP contribution in [0.4, 0.5) is 8.78 Å². The maximum Gasteiger partial charge on any atom is 0.190 e. The van der Waals surface area contributed by atoms with Crippen molar-refractivity contribution in [2.75, 3.05) is 13.2 Å². The quantitative estimate of drug-likeness (QED) is 0.478. The van der Waals surface area contributed by atoms with E-state index < -0.39 is 11.6 Å². The molecular formula is C15H12Br2F2O2. The maximum absolute atomic E-state index is 13.7. The lowest BCUT2D eigenvalue weighted by atomic mass is 10.2. The third kappa shape index (κ3) is 4.68. The van der Waals surface area contributed by atoms with Crippen molar-refractivity contribution >= 4 is 31.9 Å². The molecule has 0 bridgehead atoms. The highest BCUT2D eigenvalue weighted by molar-refractivity contribution is 9.10. The van der Waals surface area contributed by atoms with Gasteiger partial charge in [-0.3, -0.25) is 0 Å². The second kappa shape index (κ2) is 7.75. The second-order valence-electron chi connectivity index (χ2n) is 4.18. The van der Waals surface area contributed by atoms with E-state index in [4.69, 9.17) is 9.47 Å². The van der Waals surface area contributed by atoms with Crippen LogP contribution in [-0.4, -0.2) is 13.2 Å². The fourth-order valence-corrected chi connectivity index (χ4v) is 2.39. The number of hydrogen-bond donors (Lipinski definition) is 0. The Balaban J connectivity index is 1.89. The van der Waals surface area contributed by atoms with E-state index in [2.05, 4.69) is 31.9 Å². The molecule has 0 aliphatic rings. The van der Waals surface area contributed by atoms with Crippen molar-refractivity contribution in [3.63, 3.8) is 0 Å². The van der Waals surface area contributed by atoms with E-state index >= 15 is 0 Å². The lowest BCUT2D eigenvalue weighted by molar-refractivity contribution is 0.205. The van der Waals surface area contributed by atoms with Gasteiger partial charge in [-0.2, -0.15) is 0 Å². The van der Waals surface area contributed by atoms with Gasteiger partial charge in [-0.25, -0.2) is 8.78 Å². The molecule has 0 atom stereocenters. The van der Waals surface area contributed by atoms with E-state index in [1.54, 1.807) is 12.1 Å². The molecule has 0 saturated heterocycles. The summed E-state index contributed by atoms with van der Waals surface area (Å²) < 4.78 is 38.8. The Morgan fingerprint density at radius 3 is 2.24 bits per heavy atom. The highest BCUT2D eigenvalue weighted by atomic mass is 79.9. The Labute approximate surface area is 138 Å². The Bertz CT molecular complexity index is 597. The Morgan fingerprint density at radius 2 is 1.62 bits per heavy atom. The SMILES string of the molecule is Fc1cc(CBr)cc(F)c1OCCOc1cccc(Br)c1. The lowest BCUT2D eigenvalue weighted by Crippen LogP contribution is -2.11. The zero-order valence-corrected chi connectivity index (χ0v) is 14.1. The van der Waals surface area contributed by atoms with E-state index in [1.165, 1.54) is 12.1 Å². The van der Waals surface area contributed by atoms with Crippen LogP contribution in [0.2, 0.25) is 0 Å². The number of hydrogen-bond acceptors (Lipinski definition) is 2. The van der Waals surface area contributed by atoms with E-state index in [0.717, 1.165) is 4.47 Å². The number of rotatable bonds is 6.